The molecule has 15 heavy (non-hydrogen) atoms. The van der Waals surface area contributed by atoms with Gasteiger partial charge in [0.2, 0.25) is 0 Å². The zero-order chi connectivity index (χ0) is 10.7. The summed E-state index contributed by atoms with van der Waals surface area (Å²) in [6.07, 6.45) is 5.07. The van der Waals surface area contributed by atoms with Gasteiger partial charge in [0.25, 0.3) is 0 Å². The van der Waals surface area contributed by atoms with Crippen molar-refractivity contribution in [3.05, 3.63) is 29.6 Å². The van der Waals surface area contributed by atoms with Crippen LogP contribution in [0.1, 0.15) is 28.8 Å². The largest absolute Gasteiger partial charge is 0.381 e. The van der Waals surface area contributed by atoms with Gasteiger partial charge in [0, 0.05) is 37.1 Å². The number of carbonyl (C=O) groups is 1. The first-order chi connectivity index (χ1) is 7.29. The average Bonchev–Trinajstić information content (AvgIpc) is 2.30. The van der Waals surface area contributed by atoms with Gasteiger partial charge in [-0.1, -0.05) is 0 Å². The summed E-state index contributed by atoms with van der Waals surface area (Å²) in [6.45, 7) is 3.36. The third-order valence-electron chi connectivity index (χ3n) is 2.90. The molecule has 1 aromatic heterocycles. The van der Waals surface area contributed by atoms with E-state index in [1.165, 1.54) is 0 Å². The molecule has 0 N–H and O–H groups in total. The number of ether oxygens (including phenoxy) is 1. The number of aromatic nitrogens is 1. The second-order valence-corrected chi connectivity index (χ2v) is 3.94. The zero-order valence-corrected chi connectivity index (χ0v) is 8.90. The smallest absolute Gasteiger partial charge is 0.167 e. The van der Waals surface area contributed by atoms with E-state index in [-0.39, 0.29) is 11.7 Å². The van der Waals surface area contributed by atoms with Crippen LogP contribution in [0.3, 0.4) is 0 Å². The number of hydrogen-bond acceptors (Lipinski definition) is 3. The van der Waals surface area contributed by atoms with Crippen LogP contribution in [0.4, 0.5) is 0 Å². The van der Waals surface area contributed by atoms with Gasteiger partial charge in [0.15, 0.2) is 5.78 Å². The molecule has 1 aliphatic rings. The number of pyridine rings is 1. The van der Waals surface area contributed by atoms with Crippen molar-refractivity contribution < 1.29 is 9.53 Å². The van der Waals surface area contributed by atoms with Crippen LogP contribution in [-0.4, -0.2) is 24.0 Å². The van der Waals surface area contributed by atoms with Gasteiger partial charge in [-0.15, -0.1) is 0 Å². The van der Waals surface area contributed by atoms with Crippen molar-refractivity contribution in [2.45, 2.75) is 19.8 Å². The molecule has 0 radical (unpaired) electrons. The second-order valence-electron chi connectivity index (χ2n) is 3.94. The summed E-state index contributed by atoms with van der Waals surface area (Å²) in [7, 11) is 0. The second kappa shape index (κ2) is 4.53. The van der Waals surface area contributed by atoms with Crippen molar-refractivity contribution in [2.75, 3.05) is 13.2 Å². The molecule has 0 saturated carbocycles. The lowest BCUT2D eigenvalue weighted by atomic mass is 9.90. The molecule has 2 heterocycles. The minimum absolute atomic E-state index is 0.127. The van der Waals surface area contributed by atoms with Gasteiger partial charge in [-0.05, 0) is 31.4 Å². The van der Waals surface area contributed by atoms with E-state index in [4.69, 9.17) is 4.74 Å². The third kappa shape index (κ3) is 2.23. The number of nitrogens with zero attached hydrogens (tertiary/aromatic N) is 1. The van der Waals surface area contributed by atoms with E-state index in [9.17, 15) is 4.79 Å². The van der Waals surface area contributed by atoms with E-state index < -0.39 is 0 Å². The van der Waals surface area contributed by atoms with Crippen molar-refractivity contribution in [3.8, 4) is 0 Å². The molecular weight excluding hydrogens is 190 g/mol. The van der Waals surface area contributed by atoms with E-state index in [2.05, 4.69) is 4.98 Å². The monoisotopic (exact) mass is 205 g/mol. The molecule has 0 spiro atoms. The van der Waals surface area contributed by atoms with E-state index >= 15 is 0 Å². The summed E-state index contributed by atoms with van der Waals surface area (Å²) in [6, 6.07) is 1.88. The van der Waals surface area contributed by atoms with E-state index in [1.54, 1.807) is 12.4 Å². The number of Topliss-reactive ketones (excluding diaryl/α,β-unsaturated/α-hetero) is 1. The van der Waals surface area contributed by atoms with Crippen molar-refractivity contribution in [1.29, 1.82) is 0 Å². The molecular formula is C12H15NO2. The first-order valence-corrected chi connectivity index (χ1v) is 5.31. The van der Waals surface area contributed by atoms with Gasteiger partial charge in [0.05, 0.1) is 0 Å². The maximum absolute atomic E-state index is 12.1. The van der Waals surface area contributed by atoms with Crippen molar-refractivity contribution in [3.63, 3.8) is 0 Å². The lowest BCUT2D eigenvalue weighted by molar-refractivity contribution is 0.0544. The topological polar surface area (TPSA) is 39.2 Å². The van der Waals surface area contributed by atoms with Crippen LogP contribution < -0.4 is 0 Å². The predicted molar refractivity (Wildman–Crippen MR) is 56.8 cm³/mol. The molecule has 0 bridgehead atoms. The minimum Gasteiger partial charge on any atom is -0.381 e. The summed E-state index contributed by atoms with van der Waals surface area (Å²) >= 11 is 0. The van der Waals surface area contributed by atoms with Crippen molar-refractivity contribution in [2.24, 2.45) is 5.92 Å². The molecule has 0 unspecified atom stereocenters. The fraction of sp³-hybridized carbons (Fsp3) is 0.500. The molecule has 3 nitrogen and oxygen atoms in total. The van der Waals surface area contributed by atoms with Gasteiger partial charge in [0.1, 0.15) is 0 Å². The molecule has 0 amide bonds. The Hall–Kier alpha value is -1.22. The Morgan fingerprint density at radius 2 is 2.20 bits per heavy atom. The minimum atomic E-state index is 0.127. The number of ketones is 1. The van der Waals surface area contributed by atoms with Crippen LogP contribution in [0.2, 0.25) is 0 Å². The highest BCUT2D eigenvalue weighted by Gasteiger charge is 2.23. The van der Waals surface area contributed by atoms with Crippen LogP contribution in [0.15, 0.2) is 18.5 Å². The molecule has 2 rings (SSSR count). The molecule has 80 valence electrons. The lowest BCUT2D eigenvalue weighted by Crippen LogP contribution is -2.24. The van der Waals surface area contributed by atoms with Crippen LogP contribution in [0.5, 0.6) is 0 Å². The van der Waals surface area contributed by atoms with Crippen molar-refractivity contribution >= 4 is 5.78 Å². The number of carbonyl (C=O) groups excluding carboxylic acids is 1. The Morgan fingerprint density at radius 3 is 2.87 bits per heavy atom. The summed E-state index contributed by atoms with van der Waals surface area (Å²) in [5, 5.41) is 0. The van der Waals surface area contributed by atoms with Gasteiger partial charge in [-0.25, -0.2) is 0 Å². The maximum atomic E-state index is 12.1. The number of rotatable bonds is 2. The van der Waals surface area contributed by atoms with E-state index in [0.717, 1.165) is 24.0 Å². The first kappa shape index (κ1) is 10.3. The normalized spacial score (nSPS) is 17.7. The van der Waals surface area contributed by atoms with Crippen LogP contribution in [0, 0.1) is 12.8 Å². The highest BCUT2D eigenvalue weighted by molar-refractivity contribution is 5.98. The number of hydrogen-bond donors (Lipinski definition) is 0. The predicted octanol–water partition coefficient (Wildman–Crippen LogP) is 2.00. The molecule has 1 fully saturated rings. The molecule has 0 aliphatic carbocycles. The maximum Gasteiger partial charge on any atom is 0.167 e. The van der Waals surface area contributed by atoms with Gasteiger partial charge < -0.3 is 4.74 Å². The molecule has 0 aromatic carbocycles. The highest BCUT2D eigenvalue weighted by atomic mass is 16.5. The molecule has 0 atom stereocenters. The first-order valence-electron chi connectivity index (χ1n) is 5.31. The lowest BCUT2D eigenvalue weighted by Gasteiger charge is -2.21. The van der Waals surface area contributed by atoms with Gasteiger partial charge >= 0.3 is 0 Å². The Bertz CT molecular complexity index is 356. The molecule has 1 saturated heterocycles. The summed E-state index contributed by atoms with van der Waals surface area (Å²) in [5.74, 6) is 0.352. The van der Waals surface area contributed by atoms with Crippen LogP contribution >= 0.6 is 0 Å². The Morgan fingerprint density at radius 1 is 1.47 bits per heavy atom. The van der Waals surface area contributed by atoms with Crippen molar-refractivity contribution in [1.82, 2.24) is 4.98 Å². The fourth-order valence-corrected chi connectivity index (χ4v) is 1.90. The molecule has 1 aromatic rings. The van der Waals surface area contributed by atoms with Gasteiger partial charge in [-0.2, -0.15) is 0 Å². The van der Waals surface area contributed by atoms with Gasteiger partial charge in [-0.3, -0.25) is 9.78 Å². The quantitative estimate of drug-likeness (QED) is 0.693. The van der Waals surface area contributed by atoms with E-state index in [1.807, 2.05) is 13.0 Å². The fourth-order valence-electron chi connectivity index (χ4n) is 1.90. The summed E-state index contributed by atoms with van der Waals surface area (Å²) < 4.78 is 5.25. The van der Waals surface area contributed by atoms with E-state index in [0.29, 0.717) is 13.2 Å². The number of aryl methyl sites for hydroxylation is 1. The van der Waals surface area contributed by atoms with Crippen LogP contribution in [0.25, 0.3) is 0 Å². The summed E-state index contributed by atoms with van der Waals surface area (Å²) in [4.78, 5) is 16.1. The highest BCUT2D eigenvalue weighted by Crippen LogP contribution is 2.21. The molecule has 3 heteroatoms. The third-order valence-corrected chi connectivity index (χ3v) is 2.90. The molecule has 1 aliphatic heterocycles. The zero-order valence-electron chi connectivity index (χ0n) is 8.90. The Balaban J connectivity index is 2.16. The Labute approximate surface area is 89.5 Å². The SMILES string of the molecule is Cc1ccncc1C(=O)C1CCOCC1. The average molecular weight is 205 g/mol. The standard InChI is InChI=1S/C12H15NO2/c1-9-2-5-13-8-11(9)12(14)10-3-6-15-7-4-10/h2,5,8,10H,3-4,6-7H2,1H3. The Kier molecular flexibility index (Phi) is 3.11. The van der Waals surface area contributed by atoms with Crippen LogP contribution in [-0.2, 0) is 4.74 Å². The summed E-state index contributed by atoms with van der Waals surface area (Å²) in [5.41, 5.74) is 1.78.